The van der Waals surface area contributed by atoms with Gasteiger partial charge in [0.05, 0.1) is 0 Å². The van der Waals surface area contributed by atoms with E-state index in [-0.39, 0.29) is 0 Å². The van der Waals surface area contributed by atoms with Crippen LogP contribution in [-0.2, 0) is 6.42 Å². The first-order valence-corrected chi connectivity index (χ1v) is 5.26. The summed E-state index contributed by atoms with van der Waals surface area (Å²) in [4.78, 5) is 0. The molecule has 0 aliphatic heterocycles. The fourth-order valence-electron chi connectivity index (χ4n) is 0.737. The second-order valence-electron chi connectivity index (χ2n) is 1.93. The third kappa shape index (κ3) is 1.73. The number of thioether (sulfide) groups is 1. The van der Waals surface area contributed by atoms with Gasteiger partial charge < -0.3 is 0 Å². The third-order valence-corrected chi connectivity index (χ3v) is 2.98. The monoisotopic (exact) mass is 173 g/mol. The number of hydrogen-bond donors (Lipinski definition) is 0. The van der Waals surface area contributed by atoms with Crippen LogP contribution in [-0.4, -0.2) is 10.1 Å². The Morgan fingerprint density at radius 2 is 2.40 bits per heavy atom. The summed E-state index contributed by atoms with van der Waals surface area (Å²) >= 11 is 3.39. The summed E-state index contributed by atoms with van der Waals surface area (Å²) in [6.45, 7) is 4.33. The smallest absolute Gasteiger partial charge is 0.113 e. The average molecular weight is 173 g/mol. The second kappa shape index (κ2) is 3.98. The molecule has 0 N–H and O–H groups in total. The lowest BCUT2D eigenvalue weighted by molar-refractivity contribution is 1.06. The molecule has 1 nitrogen and oxygen atoms in total. The predicted octanol–water partition coefficient (Wildman–Crippen LogP) is 2.82. The van der Waals surface area contributed by atoms with Crippen molar-refractivity contribution < 1.29 is 0 Å². The van der Waals surface area contributed by atoms with Crippen molar-refractivity contribution in [3.8, 4) is 0 Å². The van der Waals surface area contributed by atoms with Gasteiger partial charge in [0.1, 0.15) is 5.03 Å². The van der Waals surface area contributed by atoms with Crippen LogP contribution in [0.3, 0.4) is 0 Å². The fraction of sp³-hybridized carbons (Fsp3) is 0.571. The van der Waals surface area contributed by atoms with Crippen LogP contribution < -0.4 is 0 Å². The van der Waals surface area contributed by atoms with Gasteiger partial charge in [0.25, 0.3) is 0 Å². The molecule has 0 bridgehead atoms. The molecule has 0 amide bonds. The molecule has 1 rings (SSSR count). The second-order valence-corrected chi connectivity index (χ2v) is 3.81. The van der Waals surface area contributed by atoms with Crippen molar-refractivity contribution in [2.75, 3.05) is 5.75 Å². The van der Waals surface area contributed by atoms with E-state index in [1.807, 2.05) is 11.8 Å². The number of hydrogen-bond acceptors (Lipinski definition) is 3. The lowest BCUT2D eigenvalue weighted by atomic mass is 10.3. The summed E-state index contributed by atoms with van der Waals surface area (Å²) in [5.41, 5.74) is 1.40. The van der Waals surface area contributed by atoms with Gasteiger partial charge in [-0.2, -0.15) is 4.37 Å². The molecule has 0 saturated carbocycles. The van der Waals surface area contributed by atoms with Crippen molar-refractivity contribution in [1.29, 1.82) is 0 Å². The summed E-state index contributed by atoms with van der Waals surface area (Å²) in [5, 5.41) is 3.37. The highest BCUT2D eigenvalue weighted by Gasteiger charge is 2.01. The Kier molecular flexibility index (Phi) is 3.22. The van der Waals surface area contributed by atoms with Gasteiger partial charge in [0.15, 0.2) is 0 Å². The molecular weight excluding hydrogens is 162 g/mol. The summed E-state index contributed by atoms with van der Waals surface area (Å²) in [5.74, 6) is 1.12. The van der Waals surface area contributed by atoms with Crippen LogP contribution in [0.5, 0.6) is 0 Å². The molecule has 0 spiro atoms. The van der Waals surface area contributed by atoms with Crippen molar-refractivity contribution in [3.05, 3.63) is 10.9 Å². The Hall–Kier alpha value is -0.0200. The largest absolute Gasteiger partial charge is 0.186 e. The fourth-order valence-corrected chi connectivity index (χ4v) is 2.49. The van der Waals surface area contributed by atoms with Crippen LogP contribution in [0.1, 0.15) is 19.4 Å². The lowest BCUT2D eigenvalue weighted by Crippen LogP contribution is -1.79. The summed E-state index contributed by atoms with van der Waals surface area (Å²) in [7, 11) is 0. The molecule has 3 heteroatoms. The quantitative estimate of drug-likeness (QED) is 0.652. The molecule has 0 radical (unpaired) electrons. The highest BCUT2D eigenvalue weighted by molar-refractivity contribution is 7.99. The van der Waals surface area contributed by atoms with E-state index in [1.165, 1.54) is 10.6 Å². The predicted molar refractivity (Wildman–Crippen MR) is 47.9 cm³/mol. The minimum absolute atomic E-state index is 1.11. The van der Waals surface area contributed by atoms with Crippen molar-refractivity contribution in [2.24, 2.45) is 0 Å². The van der Waals surface area contributed by atoms with Gasteiger partial charge in [-0.1, -0.05) is 13.8 Å². The van der Waals surface area contributed by atoms with Crippen LogP contribution >= 0.6 is 23.3 Å². The molecule has 0 aromatic carbocycles. The maximum absolute atomic E-state index is 4.28. The van der Waals surface area contributed by atoms with Crippen molar-refractivity contribution in [2.45, 2.75) is 25.3 Å². The molecule has 56 valence electrons. The Morgan fingerprint density at radius 1 is 1.60 bits per heavy atom. The summed E-state index contributed by atoms with van der Waals surface area (Å²) in [6.07, 6.45) is 1.11. The topological polar surface area (TPSA) is 12.9 Å². The maximum Gasteiger partial charge on any atom is 0.113 e. The van der Waals surface area contributed by atoms with Crippen LogP contribution in [0.15, 0.2) is 10.4 Å². The van der Waals surface area contributed by atoms with Crippen LogP contribution in [0, 0.1) is 0 Å². The molecule has 1 aromatic heterocycles. The molecule has 10 heavy (non-hydrogen) atoms. The minimum Gasteiger partial charge on any atom is -0.186 e. The van der Waals surface area contributed by atoms with E-state index in [1.54, 1.807) is 11.5 Å². The highest BCUT2D eigenvalue weighted by atomic mass is 32.2. The summed E-state index contributed by atoms with van der Waals surface area (Å²) < 4.78 is 4.28. The molecule has 1 aromatic rings. The normalized spacial score (nSPS) is 10.2. The van der Waals surface area contributed by atoms with E-state index in [0.29, 0.717) is 0 Å². The van der Waals surface area contributed by atoms with Crippen LogP contribution in [0.2, 0.25) is 0 Å². The zero-order chi connectivity index (χ0) is 7.40. The highest BCUT2D eigenvalue weighted by Crippen LogP contribution is 2.22. The van der Waals surface area contributed by atoms with Gasteiger partial charge in [-0.25, -0.2) is 0 Å². The SMILES string of the molecule is CCSc1nscc1CC. The van der Waals surface area contributed by atoms with Crippen molar-refractivity contribution in [1.82, 2.24) is 4.37 Å². The zero-order valence-corrected chi connectivity index (χ0v) is 7.89. The molecule has 1 heterocycles. The average Bonchev–Trinajstić information content (AvgIpc) is 2.36. The first kappa shape index (κ1) is 8.08. The third-order valence-electron chi connectivity index (χ3n) is 1.27. The van der Waals surface area contributed by atoms with Crippen LogP contribution in [0.25, 0.3) is 0 Å². The molecule has 0 aliphatic rings. The van der Waals surface area contributed by atoms with Crippen molar-refractivity contribution >= 4 is 23.3 Å². The van der Waals surface area contributed by atoms with Gasteiger partial charge in [0, 0.05) is 5.38 Å². The lowest BCUT2D eigenvalue weighted by Gasteiger charge is -1.94. The maximum atomic E-state index is 4.28. The number of aryl methyl sites for hydroxylation is 1. The van der Waals surface area contributed by atoms with E-state index in [0.717, 1.165) is 12.2 Å². The molecule has 0 atom stereocenters. The zero-order valence-electron chi connectivity index (χ0n) is 6.26. The van der Waals surface area contributed by atoms with E-state index in [9.17, 15) is 0 Å². The first-order valence-electron chi connectivity index (χ1n) is 3.44. The Labute approximate surface area is 70.0 Å². The summed E-state index contributed by atoms with van der Waals surface area (Å²) in [6, 6.07) is 0. The Balaban J connectivity index is 2.70. The van der Waals surface area contributed by atoms with Gasteiger partial charge >= 0.3 is 0 Å². The molecule has 0 fully saturated rings. The van der Waals surface area contributed by atoms with E-state index >= 15 is 0 Å². The first-order chi connectivity index (χ1) is 4.88. The van der Waals surface area contributed by atoms with Crippen molar-refractivity contribution in [3.63, 3.8) is 0 Å². The van der Waals surface area contributed by atoms with E-state index in [2.05, 4.69) is 23.6 Å². The number of aromatic nitrogens is 1. The van der Waals surface area contributed by atoms with E-state index < -0.39 is 0 Å². The standard InChI is InChI=1S/C7H11NS2/c1-3-6-5-10-8-7(6)9-4-2/h5H,3-4H2,1-2H3. The number of nitrogens with zero attached hydrogens (tertiary/aromatic N) is 1. The van der Waals surface area contributed by atoms with Gasteiger partial charge in [-0.15, -0.1) is 11.8 Å². The Bertz CT molecular complexity index is 195. The van der Waals surface area contributed by atoms with Gasteiger partial charge in [-0.3, -0.25) is 0 Å². The van der Waals surface area contributed by atoms with Gasteiger partial charge in [-0.05, 0) is 29.3 Å². The van der Waals surface area contributed by atoms with Crippen LogP contribution in [0.4, 0.5) is 0 Å². The molecule has 0 aliphatic carbocycles. The Morgan fingerprint density at radius 3 is 3.00 bits per heavy atom. The molecular formula is C7H11NS2. The number of rotatable bonds is 3. The molecule has 0 unspecified atom stereocenters. The molecule has 0 saturated heterocycles. The minimum atomic E-state index is 1.11. The van der Waals surface area contributed by atoms with E-state index in [4.69, 9.17) is 0 Å². The van der Waals surface area contributed by atoms with Gasteiger partial charge in [0.2, 0.25) is 0 Å².